The minimum absolute atomic E-state index is 0.0248. The predicted octanol–water partition coefficient (Wildman–Crippen LogP) is 8.84. The lowest BCUT2D eigenvalue weighted by atomic mass is 9.49. The lowest BCUT2D eigenvalue weighted by molar-refractivity contribution is -0.160. The number of hydrogen-bond acceptors (Lipinski definition) is 5. The second-order valence-corrected chi connectivity index (χ2v) is 14.5. The Morgan fingerprint density at radius 2 is 0.927 bits per heavy atom. The van der Waals surface area contributed by atoms with Gasteiger partial charge in [-0.2, -0.15) is 0 Å². The average molecular weight is 575 g/mol. The molecule has 4 bridgehead atoms. The van der Waals surface area contributed by atoms with Crippen molar-refractivity contribution in [2.24, 2.45) is 23.2 Å². The van der Waals surface area contributed by atoms with E-state index in [4.69, 9.17) is 18.4 Å². The van der Waals surface area contributed by atoms with E-state index in [0.717, 1.165) is 51.2 Å². The molecule has 0 aliphatic heterocycles. The highest BCUT2D eigenvalue weighted by Gasteiger charge is 2.57. The summed E-state index contributed by atoms with van der Waals surface area (Å²) in [6, 6.07) is 24.3. The Labute approximate surface area is 246 Å². The molecule has 0 saturated heterocycles. The maximum atomic E-state index is 14.7. The van der Waals surface area contributed by atoms with Gasteiger partial charge in [0.25, 0.3) is 0 Å². The molecule has 4 saturated carbocycles. The Bertz CT molecular complexity index is 1180. The standard InChI is InChI=1S/C35H42O5S/c1-4-37-28-7-13-31(14-8-28)41(32-15-9-29(10-16-32)38-5-2,33-17-11-30(12-18-33)39-6-3)40-34(36)35-22-25-19-26(23-35)21-27(20-25)24-35/h7-18,25-27H,4-6,19-24H2,1-3H3. The fraction of sp³-hybridized carbons (Fsp3) is 0.457. The molecule has 41 heavy (non-hydrogen) atoms. The molecule has 0 aromatic heterocycles. The zero-order valence-corrected chi connectivity index (χ0v) is 25.3. The van der Waals surface area contributed by atoms with Gasteiger partial charge in [0.2, 0.25) is 0 Å². The van der Waals surface area contributed by atoms with Gasteiger partial charge in [-0.1, -0.05) is 0 Å². The van der Waals surface area contributed by atoms with E-state index in [1.165, 1.54) is 19.3 Å². The molecule has 218 valence electrons. The van der Waals surface area contributed by atoms with E-state index in [1.807, 2.05) is 57.2 Å². The molecule has 5 nitrogen and oxygen atoms in total. The van der Waals surface area contributed by atoms with Crippen LogP contribution in [0.4, 0.5) is 0 Å². The molecule has 0 unspecified atom stereocenters. The Morgan fingerprint density at radius 1 is 0.610 bits per heavy atom. The fourth-order valence-electron chi connectivity index (χ4n) is 7.80. The summed E-state index contributed by atoms with van der Waals surface area (Å²) in [7, 11) is -2.44. The smallest absolute Gasteiger partial charge is 0.323 e. The van der Waals surface area contributed by atoms with Crippen molar-refractivity contribution in [3.8, 4) is 17.2 Å². The van der Waals surface area contributed by atoms with E-state index in [1.54, 1.807) is 0 Å². The summed E-state index contributed by atoms with van der Waals surface area (Å²) in [5, 5.41) is 0. The van der Waals surface area contributed by atoms with Gasteiger partial charge in [0, 0.05) is 14.7 Å². The average Bonchev–Trinajstić information content (AvgIpc) is 2.97. The highest BCUT2D eigenvalue weighted by Crippen LogP contribution is 2.71. The molecule has 3 aromatic carbocycles. The van der Waals surface area contributed by atoms with Crippen LogP contribution in [0.3, 0.4) is 0 Å². The second-order valence-electron chi connectivity index (χ2n) is 11.8. The normalized spacial score (nSPS) is 25.0. The molecule has 0 radical (unpaired) electrons. The maximum Gasteiger partial charge on any atom is 0.323 e. The molecule has 0 atom stereocenters. The van der Waals surface area contributed by atoms with Gasteiger partial charge >= 0.3 is 5.97 Å². The van der Waals surface area contributed by atoms with Crippen LogP contribution in [0.5, 0.6) is 17.2 Å². The molecular weight excluding hydrogens is 532 g/mol. The van der Waals surface area contributed by atoms with Crippen LogP contribution in [0.2, 0.25) is 0 Å². The Hall–Kier alpha value is -3.12. The molecule has 4 fully saturated rings. The van der Waals surface area contributed by atoms with Crippen LogP contribution in [0.25, 0.3) is 0 Å². The van der Waals surface area contributed by atoms with Crippen molar-refractivity contribution in [3.63, 3.8) is 0 Å². The van der Waals surface area contributed by atoms with E-state index in [9.17, 15) is 4.79 Å². The van der Waals surface area contributed by atoms with Gasteiger partial charge in [-0.25, -0.2) is 0 Å². The molecule has 4 aliphatic rings. The Kier molecular flexibility index (Phi) is 7.95. The Balaban J connectivity index is 1.49. The largest absolute Gasteiger partial charge is 0.494 e. The number of hydrogen-bond donors (Lipinski definition) is 0. The Morgan fingerprint density at radius 3 is 1.22 bits per heavy atom. The monoisotopic (exact) mass is 574 g/mol. The van der Waals surface area contributed by atoms with Gasteiger partial charge in [-0.05, 0) is 160 Å². The third kappa shape index (κ3) is 5.31. The van der Waals surface area contributed by atoms with Gasteiger partial charge in [0.05, 0.1) is 25.2 Å². The molecule has 4 aliphatic carbocycles. The molecular formula is C35H42O5S. The van der Waals surface area contributed by atoms with Gasteiger partial charge in [-0.3, -0.25) is 4.79 Å². The quantitative estimate of drug-likeness (QED) is 0.229. The fourth-order valence-corrected chi connectivity index (χ4v) is 10.9. The van der Waals surface area contributed by atoms with E-state index in [0.29, 0.717) is 37.6 Å². The minimum atomic E-state index is -2.44. The van der Waals surface area contributed by atoms with Crippen LogP contribution in [-0.2, 0) is 8.98 Å². The summed E-state index contributed by atoms with van der Waals surface area (Å²) in [5.74, 6) is 4.34. The first-order chi connectivity index (χ1) is 20.0. The molecule has 0 amide bonds. The van der Waals surface area contributed by atoms with Crippen LogP contribution in [0.15, 0.2) is 87.5 Å². The summed E-state index contributed by atoms with van der Waals surface area (Å²) in [6.07, 6.45) is 6.72. The molecule has 0 spiro atoms. The van der Waals surface area contributed by atoms with Crippen molar-refractivity contribution < 1.29 is 23.2 Å². The van der Waals surface area contributed by atoms with Crippen molar-refractivity contribution in [2.45, 2.75) is 74.0 Å². The summed E-state index contributed by atoms with van der Waals surface area (Å²) in [4.78, 5) is 17.6. The topological polar surface area (TPSA) is 54.0 Å². The minimum Gasteiger partial charge on any atom is -0.494 e. The van der Waals surface area contributed by atoms with E-state index < -0.39 is 10.3 Å². The number of ether oxygens (including phenoxy) is 3. The van der Waals surface area contributed by atoms with Gasteiger partial charge in [0.1, 0.15) is 17.2 Å². The summed E-state index contributed by atoms with van der Waals surface area (Å²) < 4.78 is 24.5. The van der Waals surface area contributed by atoms with Crippen molar-refractivity contribution in [1.82, 2.24) is 0 Å². The van der Waals surface area contributed by atoms with Crippen LogP contribution in [-0.4, -0.2) is 25.8 Å². The first kappa shape index (κ1) is 28.0. The molecule has 7 rings (SSSR count). The highest BCUT2D eigenvalue weighted by atomic mass is 32.3. The van der Waals surface area contributed by atoms with E-state index >= 15 is 0 Å². The van der Waals surface area contributed by atoms with Crippen molar-refractivity contribution in [1.29, 1.82) is 0 Å². The van der Waals surface area contributed by atoms with Crippen molar-refractivity contribution in [2.75, 3.05) is 19.8 Å². The van der Waals surface area contributed by atoms with Gasteiger partial charge in [-0.15, -0.1) is 0 Å². The van der Waals surface area contributed by atoms with Gasteiger partial charge in [0.15, 0.2) is 0 Å². The van der Waals surface area contributed by atoms with Gasteiger partial charge < -0.3 is 18.4 Å². The molecule has 0 N–H and O–H groups in total. The molecule has 6 heteroatoms. The number of carbonyl (C=O) groups is 1. The van der Waals surface area contributed by atoms with Crippen LogP contribution in [0.1, 0.15) is 59.3 Å². The SMILES string of the molecule is CCOc1ccc(S(OC(=O)C23CC4CC(CC(C4)C2)C3)(c2ccc(OCC)cc2)c2ccc(OCC)cc2)cc1. The lowest BCUT2D eigenvalue weighted by Gasteiger charge is -2.56. The van der Waals surface area contributed by atoms with E-state index in [-0.39, 0.29) is 11.4 Å². The molecule has 3 aromatic rings. The maximum absolute atomic E-state index is 14.7. The molecule has 0 heterocycles. The summed E-state index contributed by atoms with van der Waals surface area (Å²) in [6.45, 7) is 7.73. The van der Waals surface area contributed by atoms with Crippen LogP contribution >= 0.6 is 10.3 Å². The van der Waals surface area contributed by atoms with Crippen LogP contribution < -0.4 is 14.2 Å². The number of carbonyl (C=O) groups excluding carboxylic acids is 1. The highest BCUT2D eigenvalue weighted by molar-refractivity contribution is 8.30. The first-order valence-electron chi connectivity index (χ1n) is 15.2. The zero-order valence-electron chi connectivity index (χ0n) is 24.5. The second kappa shape index (κ2) is 11.6. The third-order valence-corrected chi connectivity index (χ3v) is 12.3. The summed E-state index contributed by atoms with van der Waals surface area (Å²) >= 11 is 0. The zero-order chi connectivity index (χ0) is 28.5. The van der Waals surface area contributed by atoms with E-state index in [2.05, 4.69) is 36.4 Å². The van der Waals surface area contributed by atoms with Crippen molar-refractivity contribution >= 4 is 16.3 Å². The van der Waals surface area contributed by atoms with Crippen LogP contribution in [0, 0.1) is 23.2 Å². The lowest BCUT2D eigenvalue weighted by Crippen LogP contribution is -2.50. The predicted molar refractivity (Wildman–Crippen MR) is 162 cm³/mol. The number of rotatable bonds is 11. The van der Waals surface area contributed by atoms with Crippen molar-refractivity contribution in [3.05, 3.63) is 72.8 Å². The third-order valence-electron chi connectivity index (χ3n) is 9.07. The number of benzene rings is 3. The first-order valence-corrected chi connectivity index (χ1v) is 16.8. The summed E-state index contributed by atoms with van der Waals surface area (Å²) in [5.41, 5.74) is -0.380.